The minimum Gasteiger partial charge on any atom is -0.464 e. The number of alkyl halides is 2. The second kappa shape index (κ2) is 7.84. The first-order valence-corrected chi connectivity index (χ1v) is 9.99. The molecular weight excluding hydrogens is 414 g/mol. The molecule has 0 spiro atoms. The summed E-state index contributed by atoms with van der Waals surface area (Å²) in [5, 5.41) is 14.6. The molecule has 7 nitrogen and oxygen atoms in total. The van der Waals surface area contributed by atoms with Crippen molar-refractivity contribution in [3.05, 3.63) is 52.2 Å². The van der Waals surface area contributed by atoms with Crippen molar-refractivity contribution in [2.45, 2.75) is 24.8 Å². The average Bonchev–Trinajstić information content (AvgIpc) is 3.43. The number of thiazole rings is 1. The lowest BCUT2D eigenvalue weighted by atomic mass is 10.1. The number of rotatable bonds is 5. The monoisotopic (exact) mass is 430 g/mol. The third-order valence-electron chi connectivity index (χ3n) is 4.83. The van der Waals surface area contributed by atoms with E-state index in [-0.39, 0.29) is 5.69 Å². The fraction of sp³-hybridized carbons (Fsp3) is 0.300. The van der Waals surface area contributed by atoms with E-state index >= 15 is 0 Å². The van der Waals surface area contributed by atoms with E-state index in [1.165, 1.54) is 11.3 Å². The standard InChI is InChI=1S/C20H16F2N4O3S/c21-20(22)6-13(7-23)26(11-20)18(27)8-24-19(28)15-10-30-17(25-15)5-12-9-29-16-4-2-1-3-14(12)16/h1-4,9-10,13H,5-6,8,11H2,(H,24,28)/t13-/m0/s1. The van der Waals surface area contributed by atoms with E-state index in [1.54, 1.807) is 17.7 Å². The molecule has 0 aliphatic carbocycles. The number of amides is 2. The summed E-state index contributed by atoms with van der Waals surface area (Å²) >= 11 is 1.30. The van der Waals surface area contributed by atoms with E-state index in [1.807, 2.05) is 24.3 Å². The maximum atomic E-state index is 13.5. The van der Waals surface area contributed by atoms with Crippen LogP contribution in [0.15, 0.2) is 40.3 Å². The van der Waals surface area contributed by atoms with Crippen molar-refractivity contribution in [1.29, 1.82) is 5.26 Å². The summed E-state index contributed by atoms with van der Waals surface area (Å²) in [5.41, 5.74) is 1.85. The Morgan fingerprint density at radius 1 is 1.40 bits per heavy atom. The summed E-state index contributed by atoms with van der Waals surface area (Å²) in [7, 11) is 0. The van der Waals surface area contributed by atoms with Crippen LogP contribution in [0.4, 0.5) is 8.78 Å². The van der Waals surface area contributed by atoms with Gasteiger partial charge in [-0.15, -0.1) is 11.3 Å². The molecular formula is C20H16F2N4O3S. The number of carbonyl (C=O) groups excluding carboxylic acids is 2. The van der Waals surface area contributed by atoms with Gasteiger partial charge in [0, 0.05) is 29.2 Å². The highest BCUT2D eigenvalue weighted by Gasteiger charge is 2.47. The lowest BCUT2D eigenvalue weighted by Crippen LogP contribution is -2.43. The van der Waals surface area contributed by atoms with Gasteiger partial charge in [0.1, 0.15) is 17.3 Å². The van der Waals surface area contributed by atoms with Crippen LogP contribution >= 0.6 is 11.3 Å². The van der Waals surface area contributed by atoms with Gasteiger partial charge in [-0.25, -0.2) is 13.8 Å². The van der Waals surface area contributed by atoms with Crippen molar-refractivity contribution >= 4 is 34.1 Å². The SMILES string of the molecule is N#C[C@@H]1CC(F)(F)CN1C(=O)CNC(=O)c1csc(Cc2coc3ccccc23)n1. The topological polar surface area (TPSA) is 99.2 Å². The molecule has 2 aromatic heterocycles. The Kier molecular flexibility index (Phi) is 5.22. The highest BCUT2D eigenvalue weighted by molar-refractivity contribution is 7.09. The third kappa shape index (κ3) is 4.02. The summed E-state index contributed by atoms with van der Waals surface area (Å²) in [4.78, 5) is 29.6. The van der Waals surface area contributed by atoms with Crippen LogP contribution in [0.3, 0.4) is 0 Å². The zero-order chi connectivity index (χ0) is 21.3. The largest absolute Gasteiger partial charge is 0.464 e. The number of nitrogens with zero attached hydrogens (tertiary/aromatic N) is 3. The summed E-state index contributed by atoms with van der Waals surface area (Å²) in [6, 6.07) is 8.10. The van der Waals surface area contributed by atoms with Gasteiger partial charge in [0.05, 0.1) is 30.4 Å². The second-order valence-corrected chi connectivity index (χ2v) is 7.91. The van der Waals surface area contributed by atoms with E-state index in [0.717, 1.165) is 21.4 Å². The number of para-hydroxylation sites is 1. The first-order valence-electron chi connectivity index (χ1n) is 9.11. The molecule has 154 valence electrons. The minimum atomic E-state index is -3.10. The van der Waals surface area contributed by atoms with Gasteiger partial charge in [0.2, 0.25) is 5.91 Å². The molecule has 10 heteroatoms. The van der Waals surface area contributed by atoms with Crippen molar-refractivity contribution in [3.8, 4) is 6.07 Å². The zero-order valence-electron chi connectivity index (χ0n) is 15.6. The van der Waals surface area contributed by atoms with E-state index in [0.29, 0.717) is 11.4 Å². The number of furan rings is 1. The fourth-order valence-electron chi connectivity index (χ4n) is 3.37. The smallest absolute Gasteiger partial charge is 0.271 e. The number of hydrogen-bond donors (Lipinski definition) is 1. The van der Waals surface area contributed by atoms with Crippen molar-refractivity contribution in [1.82, 2.24) is 15.2 Å². The number of carbonyl (C=O) groups is 2. The molecule has 2 amide bonds. The van der Waals surface area contributed by atoms with E-state index in [2.05, 4.69) is 10.3 Å². The molecule has 0 unspecified atom stereocenters. The molecule has 30 heavy (non-hydrogen) atoms. The maximum absolute atomic E-state index is 13.5. The van der Waals surface area contributed by atoms with Crippen LogP contribution < -0.4 is 5.32 Å². The van der Waals surface area contributed by atoms with Crippen molar-refractivity contribution in [3.63, 3.8) is 0 Å². The van der Waals surface area contributed by atoms with Crippen LogP contribution in [0.25, 0.3) is 11.0 Å². The van der Waals surface area contributed by atoms with Crippen LogP contribution in [0, 0.1) is 11.3 Å². The van der Waals surface area contributed by atoms with E-state index < -0.39 is 43.3 Å². The first-order chi connectivity index (χ1) is 14.4. The molecule has 1 fully saturated rings. The average molecular weight is 430 g/mol. The number of likely N-dealkylation sites (tertiary alicyclic amines) is 1. The maximum Gasteiger partial charge on any atom is 0.271 e. The van der Waals surface area contributed by atoms with Gasteiger partial charge in [-0.2, -0.15) is 5.26 Å². The van der Waals surface area contributed by atoms with Gasteiger partial charge in [0.25, 0.3) is 11.8 Å². The Labute approximate surface area is 173 Å². The molecule has 0 bridgehead atoms. The predicted molar refractivity (Wildman–Crippen MR) is 104 cm³/mol. The fourth-order valence-corrected chi connectivity index (χ4v) is 4.17. The summed E-state index contributed by atoms with van der Waals surface area (Å²) < 4.78 is 32.4. The Hall–Kier alpha value is -3.32. The molecule has 1 aliphatic rings. The molecule has 3 heterocycles. The van der Waals surface area contributed by atoms with Gasteiger partial charge >= 0.3 is 0 Å². The van der Waals surface area contributed by atoms with Gasteiger partial charge in [0.15, 0.2) is 0 Å². The van der Waals surface area contributed by atoms with E-state index in [9.17, 15) is 18.4 Å². The molecule has 4 rings (SSSR count). The Morgan fingerprint density at radius 3 is 3.00 bits per heavy atom. The number of nitriles is 1. The van der Waals surface area contributed by atoms with Gasteiger partial charge < -0.3 is 14.6 Å². The van der Waals surface area contributed by atoms with Crippen LogP contribution in [0.2, 0.25) is 0 Å². The van der Waals surface area contributed by atoms with Crippen LogP contribution in [-0.2, 0) is 11.2 Å². The van der Waals surface area contributed by atoms with E-state index in [4.69, 9.17) is 9.68 Å². The molecule has 3 aromatic rings. The summed E-state index contributed by atoms with van der Waals surface area (Å²) in [6.45, 7) is -1.30. The summed E-state index contributed by atoms with van der Waals surface area (Å²) in [6.07, 6.45) is 1.45. The van der Waals surface area contributed by atoms with Gasteiger partial charge in [-0.05, 0) is 6.07 Å². The number of aromatic nitrogens is 1. The number of nitrogens with one attached hydrogen (secondary N) is 1. The lowest BCUT2D eigenvalue weighted by Gasteiger charge is -2.19. The highest BCUT2D eigenvalue weighted by atomic mass is 32.1. The van der Waals surface area contributed by atoms with Crippen LogP contribution in [-0.4, -0.2) is 46.8 Å². The molecule has 0 saturated carbocycles. The van der Waals surface area contributed by atoms with Crippen LogP contribution in [0.1, 0.15) is 27.5 Å². The number of benzene rings is 1. The molecule has 0 radical (unpaired) electrons. The minimum absolute atomic E-state index is 0.138. The zero-order valence-corrected chi connectivity index (χ0v) is 16.4. The van der Waals surface area contributed by atoms with Crippen LogP contribution in [0.5, 0.6) is 0 Å². The predicted octanol–water partition coefficient (Wildman–Crippen LogP) is 2.97. The molecule has 1 atom stereocenters. The molecule has 1 aromatic carbocycles. The normalized spacial score (nSPS) is 17.8. The Bertz CT molecular complexity index is 1150. The lowest BCUT2D eigenvalue weighted by molar-refractivity contribution is -0.131. The van der Waals surface area contributed by atoms with Gasteiger partial charge in [-0.1, -0.05) is 18.2 Å². The Balaban J connectivity index is 1.36. The second-order valence-electron chi connectivity index (χ2n) is 6.97. The van der Waals surface area contributed by atoms with Crippen molar-refractivity contribution < 1.29 is 22.8 Å². The number of fused-ring (bicyclic) bond motifs is 1. The highest BCUT2D eigenvalue weighted by Crippen LogP contribution is 2.31. The van der Waals surface area contributed by atoms with Gasteiger partial charge in [-0.3, -0.25) is 9.59 Å². The first kappa shape index (κ1) is 20.0. The number of hydrogen-bond acceptors (Lipinski definition) is 6. The summed E-state index contributed by atoms with van der Waals surface area (Å²) in [5.74, 6) is -4.41. The number of halogens is 2. The van der Waals surface area contributed by atoms with Crippen molar-refractivity contribution in [2.75, 3.05) is 13.1 Å². The molecule has 1 aliphatic heterocycles. The quantitative estimate of drug-likeness (QED) is 0.671. The Morgan fingerprint density at radius 2 is 2.20 bits per heavy atom. The third-order valence-corrected chi connectivity index (χ3v) is 5.68. The molecule has 1 N–H and O–H groups in total. The molecule has 1 saturated heterocycles. The van der Waals surface area contributed by atoms with Crippen molar-refractivity contribution in [2.24, 2.45) is 0 Å².